The van der Waals surface area contributed by atoms with Gasteiger partial charge in [0.15, 0.2) is 5.13 Å². The third-order valence-corrected chi connectivity index (χ3v) is 3.06. The molecule has 14 heavy (non-hydrogen) atoms. The van der Waals surface area contributed by atoms with Gasteiger partial charge in [0.25, 0.3) is 0 Å². The Morgan fingerprint density at radius 2 is 2.50 bits per heavy atom. The monoisotopic (exact) mass is 229 g/mol. The Morgan fingerprint density at radius 3 is 2.93 bits per heavy atom. The lowest BCUT2D eigenvalue weighted by Crippen LogP contribution is -2.27. The van der Waals surface area contributed by atoms with Crippen LogP contribution in [0.4, 0.5) is 5.13 Å². The lowest BCUT2D eigenvalue weighted by molar-refractivity contribution is 0.684. The Morgan fingerprint density at radius 1 is 1.79 bits per heavy atom. The molecule has 1 heterocycles. The van der Waals surface area contributed by atoms with Crippen molar-refractivity contribution < 1.29 is 0 Å². The lowest BCUT2D eigenvalue weighted by Gasteiger charge is -2.20. The zero-order valence-corrected chi connectivity index (χ0v) is 9.77. The van der Waals surface area contributed by atoms with Gasteiger partial charge in [-0.2, -0.15) is 5.26 Å². The predicted octanol–water partition coefficient (Wildman–Crippen LogP) is 2.78. The lowest BCUT2D eigenvalue weighted by atomic mass is 10.2. The van der Waals surface area contributed by atoms with E-state index in [-0.39, 0.29) is 5.92 Å². The fourth-order valence-corrected chi connectivity index (χ4v) is 2.13. The van der Waals surface area contributed by atoms with Gasteiger partial charge in [-0.05, 0) is 13.8 Å². The SMILES string of the molecule is CCN(CC(C)C#N)c1nc(Cl)cs1. The van der Waals surface area contributed by atoms with E-state index < -0.39 is 0 Å². The second-order valence-corrected chi connectivity index (χ2v) is 4.25. The molecule has 0 N–H and O–H groups in total. The number of thiazole rings is 1. The average Bonchev–Trinajstić information content (AvgIpc) is 2.60. The first-order valence-corrected chi connectivity index (χ1v) is 5.68. The van der Waals surface area contributed by atoms with E-state index in [1.165, 1.54) is 11.3 Å². The molecule has 0 radical (unpaired) electrons. The maximum atomic E-state index is 8.71. The van der Waals surface area contributed by atoms with E-state index in [9.17, 15) is 0 Å². The van der Waals surface area contributed by atoms with Crippen LogP contribution >= 0.6 is 22.9 Å². The minimum absolute atomic E-state index is 0.0117. The highest BCUT2D eigenvalue weighted by atomic mass is 35.5. The summed E-state index contributed by atoms with van der Waals surface area (Å²) in [7, 11) is 0. The van der Waals surface area contributed by atoms with Gasteiger partial charge in [-0.25, -0.2) is 4.98 Å². The van der Waals surface area contributed by atoms with Gasteiger partial charge in [-0.15, -0.1) is 11.3 Å². The highest BCUT2D eigenvalue weighted by Crippen LogP contribution is 2.23. The van der Waals surface area contributed by atoms with Crippen LogP contribution in [0.3, 0.4) is 0 Å². The van der Waals surface area contributed by atoms with Crippen molar-refractivity contribution in [3.63, 3.8) is 0 Å². The molecule has 0 aliphatic rings. The molecule has 1 rings (SSSR count). The van der Waals surface area contributed by atoms with Crippen molar-refractivity contribution in [3.8, 4) is 6.07 Å². The van der Waals surface area contributed by atoms with Crippen LogP contribution in [0, 0.1) is 17.2 Å². The fraction of sp³-hybridized carbons (Fsp3) is 0.556. The summed E-state index contributed by atoms with van der Waals surface area (Å²) in [5, 5.41) is 11.9. The van der Waals surface area contributed by atoms with E-state index in [0.717, 1.165) is 11.7 Å². The molecule has 0 bridgehead atoms. The van der Waals surface area contributed by atoms with Gasteiger partial charge in [0, 0.05) is 18.5 Å². The van der Waals surface area contributed by atoms with E-state index in [2.05, 4.69) is 16.0 Å². The van der Waals surface area contributed by atoms with Gasteiger partial charge in [0.1, 0.15) is 5.15 Å². The molecule has 0 saturated carbocycles. The normalized spacial score (nSPS) is 12.1. The van der Waals surface area contributed by atoms with Crippen molar-refractivity contribution in [3.05, 3.63) is 10.5 Å². The van der Waals surface area contributed by atoms with E-state index in [4.69, 9.17) is 16.9 Å². The summed E-state index contributed by atoms with van der Waals surface area (Å²) in [6.45, 7) is 5.49. The van der Waals surface area contributed by atoms with Crippen LogP contribution in [0.1, 0.15) is 13.8 Å². The van der Waals surface area contributed by atoms with Gasteiger partial charge < -0.3 is 4.90 Å². The average molecular weight is 230 g/mol. The molecular weight excluding hydrogens is 218 g/mol. The molecule has 0 amide bonds. The molecular formula is C9H12ClN3S. The first kappa shape index (κ1) is 11.3. The first-order valence-electron chi connectivity index (χ1n) is 4.43. The predicted molar refractivity (Wildman–Crippen MR) is 59.8 cm³/mol. The van der Waals surface area contributed by atoms with Crippen molar-refractivity contribution in [2.45, 2.75) is 13.8 Å². The van der Waals surface area contributed by atoms with Crippen LogP contribution < -0.4 is 4.90 Å². The third-order valence-electron chi connectivity index (χ3n) is 1.83. The summed E-state index contributed by atoms with van der Waals surface area (Å²) in [4.78, 5) is 6.23. The number of halogens is 1. The quantitative estimate of drug-likeness (QED) is 0.797. The summed E-state index contributed by atoms with van der Waals surface area (Å²) in [5.41, 5.74) is 0. The second kappa shape index (κ2) is 5.18. The fourth-order valence-electron chi connectivity index (χ4n) is 1.10. The van der Waals surface area contributed by atoms with Gasteiger partial charge in [-0.1, -0.05) is 11.6 Å². The van der Waals surface area contributed by atoms with Crippen LogP contribution in [-0.4, -0.2) is 18.1 Å². The molecule has 1 aromatic rings. The molecule has 3 nitrogen and oxygen atoms in total. The summed E-state index contributed by atoms with van der Waals surface area (Å²) in [6, 6.07) is 2.21. The Kier molecular flexibility index (Phi) is 4.18. The molecule has 76 valence electrons. The molecule has 0 fully saturated rings. The van der Waals surface area contributed by atoms with Crippen LogP contribution in [0.5, 0.6) is 0 Å². The molecule has 0 aliphatic heterocycles. The molecule has 0 aromatic carbocycles. The number of nitrogens with zero attached hydrogens (tertiary/aromatic N) is 3. The smallest absolute Gasteiger partial charge is 0.186 e. The number of nitriles is 1. The molecule has 0 aliphatic carbocycles. The highest BCUT2D eigenvalue weighted by Gasteiger charge is 2.11. The van der Waals surface area contributed by atoms with Gasteiger partial charge in [0.2, 0.25) is 0 Å². The summed E-state index contributed by atoms with van der Waals surface area (Å²) in [6.07, 6.45) is 0. The van der Waals surface area contributed by atoms with Crippen LogP contribution in [-0.2, 0) is 0 Å². The Hall–Kier alpha value is -0.790. The number of anilines is 1. The molecule has 1 atom stereocenters. The third kappa shape index (κ3) is 2.86. The highest BCUT2D eigenvalue weighted by molar-refractivity contribution is 7.14. The number of hydrogen-bond acceptors (Lipinski definition) is 4. The first-order chi connectivity index (χ1) is 6.67. The van der Waals surface area contributed by atoms with Crippen LogP contribution in [0.25, 0.3) is 0 Å². The molecule has 1 aromatic heterocycles. The van der Waals surface area contributed by atoms with Gasteiger partial charge in [-0.3, -0.25) is 0 Å². The molecule has 5 heteroatoms. The van der Waals surface area contributed by atoms with Crippen molar-refractivity contribution in [2.24, 2.45) is 5.92 Å². The van der Waals surface area contributed by atoms with Crippen molar-refractivity contribution in [1.82, 2.24) is 4.98 Å². The Labute approximate surface area is 92.9 Å². The summed E-state index contributed by atoms with van der Waals surface area (Å²) < 4.78 is 0. The second-order valence-electron chi connectivity index (χ2n) is 3.02. The maximum absolute atomic E-state index is 8.71. The Balaban J connectivity index is 2.68. The molecule has 1 unspecified atom stereocenters. The molecule has 0 saturated heterocycles. The van der Waals surface area contributed by atoms with Crippen molar-refractivity contribution >= 4 is 28.1 Å². The molecule has 0 spiro atoms. The number of aromatic nitrogens is 1. The standard InChI is InChI=1S/C9H12ClN3S/c1-3-13(5-7(2)4-11)9-12-8(10)6-14-9/h6-7H,3,5H2,1-2H3. The topological polar surface area (TPSA) is 39.9 Å². The van der Waals surface area contributed by atoms with E-state index in [1.54, 1.807) is 5.38 Å². The van der Waals surface area contributed by atoms with Crippen LogP contribution in [0.15, 0.2) is 5.38 Å². The van der Waals surface area contributed by atoms with E-state index in [1.807, 2.05) is 13.8 Å². The van der Waals surface area contributed by atoms with Gasteiger partial charge in [0.05, 0.1) is 12.0 Å². The minimum atomic E-state index is 0.0117. The minimum Gasteiger partial charge on any atom is -0.347 e. The summed E-state index contributed by atoms with van der Waals surface area (Å²) >= 11 is 7.25. The summed E-state index contributed by atoms with van der Waals surface area (Å²) in [5.74, 6) is 0.0117. The zero-order valence-electron chi connectivity index (χ0n) is 8.20. The van der Waals surface area contributed by atoms with E-state index in [0.29, 0.717) is 11.7 Å². The maximum Gasteiger partial charge on any atom is 0.186 e. The zero-order chi connectivity index (χ0) is 10.6. The van der Waals surface area contributed by atoms with Gasteiger partial charge >= 0.3 is 0 Å². The number of rotatable bonds is 4. The van der Waals surface area contributed by atoms with Crippen LogP contribution in [0.2, 0.25) is 5.15 Å². The van der Waals surface area contributed by atoms with Crippen molar-refractivity contribution in [1.29, 1.82) is 5.26 Å². The largest absolute Gasteiger partial charge is 0.347 e. The Bertz CT molecular complexity index is 331. The van der Waals surface area contributed by atoms with E-state index >= 15 is 0 Å². The van der Waals surface area contributed by atoms with Crippen molar-refractivity contribution in [2.75, 3.05) is 18.0 Å². The number of hydrogen-bond donors (Lipinski definition) is 0.